The summed E-state index contributed by atoms with van der Waals surface area (Å²) in [6.45, 7) is 1.53. The fourth-order valence-corrected chi connectivity index (χ4v) is 3.58. The maximum atomic E-state index is 12.4. The molecule has 0 radical (unpaired) electrons. The van der Waals surface area contributed by atoms with Gasteiger partial charge in [-0.1, -0.05) is 30.3 Å². The number of carbonyl (C=O) groups is 2. The molecule has 0 bridgehead atoms. The van der Waals surface area contributed by atoms with Gasteiger partial charge in [-0.2, -0.15) is 11.8 Å². The smallest absolute Gasteiger partial charge is 0.336 e. The van der Waals surface area contributed by atoms with Crippen molar-refractivity contribution in [2.45, 2.75) is 25.5 Å². The van der Waals surface area contributed by atoms with Gasteiger partial charge in [-0.05, 0) is 48.6 Å². The largest absolute Gasteiger partial charge is 0.481 e. The Kier molecular flexibility index (Phi) is 7.36. The van der Waals surface area contributed by atoms with Crippen molar-refractivity contribution in [1.82, 2.24) is 5.32 Å². The molecule has 0 aliphatic carbocycles. The molecule has 1 aromatic heterocycles. The number of ether oxygens (including phenoxy) is 1. The number of nitrogens with one attached hydrogen (secondary N) is 1. The number of carboxylic acids is 1. The third-order valence-corrected chi connectivity index (χ3v) is 5.35. The minimum absolute atomic E-state index is 0.318. The Morgan fingerprint density at radius 1 is 1.16 bits per heavy atom. The molecule has 7 nitrogen and oxygen atoms in total. The van der Waals surface area contributed by atoms with Crippen molar-refractivity contribution in [3.63, 3.8) is 0 Å². The van der Waals surface area contributed by atoms with Crippen molar-refractivity contribution in [3.8, 4) is 16.9 Å². The molecule has 3 aromatic rings. The van der Waals surface area contributed by atoms with Crippen LogP contribution < -0.4 is 15.7 Å². The summed E-state index contributed by atoms with van der Waals surface area (Å²) >= 11 is 1.51. The first kappa shape index (κ1) is 22.4. The number of aliphatic carboxylic acids is 1. The van der Waals surface area contributed by atoms with Crippen LogP contribution in [0.25, 0.3) is 22.1 Å². The molecule has 8 heteroatoms. The summed E-state index contributed by atoms with van der Waals surface area (Å²) in [6, 6.07) is 14.9. The number of carboxylic acid groups (broad SMARTS) is 1. The summed E-state index contributed by atoms with van der Waals surface area (Å²) in [5.41, 5.74) is 1.46. The Bertz CT molecular complexity index is 1130. The van der Waals surface area contributed by atoms with Crippen LogP contribution in [0.4, 0.5) is 0 Å². The highest BCUT2D eigenvalue weighted by Gasteiger charge is 2.23. The molecule has 0 aliphatic rings. The number of carbonyl (C=O) groups excluding carboxylic acids is 1. The zero-order valence-electron chi connectivity index (χ0n) is 17.2. The van der Waals surface area contributed by atoms with Crippen molar-refractivity contribution in [2.75, 3.05) is 12.0 Å². The maximum Gasteiger partial charge on any atom is 0.336 e. The number of hydrogen-bond acceptors (Lipinski definition) is 6. The van der Waals surface area contributed by atoms with Gasteiger partial charge in [-0.15, -0.1) is 0 Å². The van der Waals surface area contributed by atoms with Crippen LogP contribution in [0.3, 0.4) is 0 Å². The zero-order valence-corrected chi connectivity index (χ0v) is 18.0. The average molecular weight is 442 g/mol. The van der Waals surface area contributed by atoms with E-state index in [4.69, 9.17) is 9.15 Å². The van der Waals surface area contributed by atoms with E-state index in [0.29, 0.717) is 23.5 Å². The highest BCUT2D eigenvalue weighted by molar-refractivity contribution is 7.98. The number of amides is 1. The Morgan fingerprint density at radius 2 is 1.90 bits per heavy atom. The number of benzene rings is 2. The molecular weight excluding hydrogens is 418 g/mol. The Balaban J connectivity index is 1.80. The number of thioether (sulfide) groups is 1. The van der Waals surface area contributed by atoms with Crippen molar-refractivity contribution in [2.24, 2.45) is 0 Å². The lowest BCUT2D eigenvalue weighted by atomic mass is 10.0. The van der Waals surface area contributed by atoms with Crippen LogP contribution in [0.5, 0.6) is 5.75 Å². The molecule has 0 aliphatic heterocycles. The third kappa shape index (κ3) is 5.67. The second-order valence-corrected chi connectivity index (χ2v) is 7.93. The van der Waals surface area contributed by atoms with Gasteiger partial charge in [0.05, 0.1) is 0 Å². The van der Waals surface area contributed by atoms with Crippen LogP contribution in [0.2, 0.25) is 0 Å². The average Bonchev–Trinajstić information content (AvgIpc) is 2.76. The highest BCUT2D eigenvalue weighted by Crippen LogP contribution is 2.29. The molecule has 0 saturated heterocycles. The van der Waals surface area contributed by atoms with Crippen LogP contribution in [0.1, 0.15) is 13.3 Å². The SMILES string of the molecule is CSCCC(NC(=O)C(C)Oc1ccc2c(-c3ccccc3)cc(=O)oc2c1)C(=O)O. The summed E-state index contributed by atoms with van der Waals surface area (Å²) in [5, 5.41) is 12.5. The number of hydrogen-bond donors (Lipinski definition) is 2. The highest BCUT2D eigenvalue weighted by atomic mass is 32.2. The van der Waals surface area contributed by atoms with E-state index >= 15 is 0 Å². The Morgan fingerprint density at radius 3 is 2.58 bits per heavy atom. The predicted molar refractivity (Wildman–Crippen MR) is 121 cm³/mol. The van der Waals surface area contributed by atoms with E-state index in [1.54, 1.807) is 18.2 Å². The summed E-state index contributed by atoms with van der Waals surface area (Å²) in [7, 11) is 0. The van der Waals surface area contributed by atoms with Crippen LogP contribution in [-0.2, 0) is 9.59 Å². The third-order valence-electron chi connectivity index (χ3n) is 4.71. The van der Waals surface area contributed by atoms with Gasteiger partial charge in [0.15, 0.2) is 6.10 Å². The molecule has 31 heavy (non-hydrogen) atoms. The van der Waals surface area contributed by atoms with Gasteiger partial charge in [0.25, 0.3) is 5.91 Å². The van der Waals surface area contributed by atoms with E-state index in [-0.39, 0.29) is 0 Å². The Hall–Kier alpha value is -3.26. The van der Waals surface area contributed by atoms with Gasteiger partial charge < -0.3 is 19.6 Å². The second kappa shape index (κ2) is 10.2. The van der Waals surface area contributed by atoms with Crippen molar-refractivity contribution in [1.29, 1.82) is 0 Å². The van der Waals surface area contributed by atoms with Crippen molar-refractivity contribution < 1.29 is 23.8 Å². The summed E-state index contributed by atoms with van der Waals surface area (Å²) < 4.78 is 11.0. The molecule has 2 aromatic carbocycles. The Labute approximate surface area is 183 Å². The fourth-order valence-electron chi connectivity index (χ4n) is 3.11. The van der Waals surface area contributed by atoms with Crippen LogP contribution in [0.15, 0.2) is 63.8 Å². The monoisotopic (exact) mass is 441 g/mol. The molecule has 0 saturated carbocycles. The molecule has 2 atom stereocenters. The first-order valence-corrected chi connectivity index (χ1v) is 11.1. The fraction of sp³-hybridized carbons (Fsp3) is 0.261. The predicted octanol–water partition coefficient (Wildman–Crippen LogP) is 3.55. The van der Waals surface area contributed by atoms with E-state index in [9.17, 15) is 19.5 Å². The standard InChI is InChI=1S/C23H23NO6S/c1-14(22(26)24-19(23(27)28)10-11-31-2)29-16-8-9-17-18(15-6-4-3-5-7-15)13-21(25)30-20(17)12-16/h3-9,12-14,19H,10-11H2,1-2H3,(H,24,26)(H,27,28). The molecular formula is C23H23NO6S. The van der Waals surface area contributed by atoms with Crippen LogP contribution in [0, 0.1) is 0 Å². The first-order valence-electron chi connectivity index (χ1n) is 9.71. The lowest BCUT2D eigenvalue weighted by molar-refractivity contribution is -0.142. The number of fused-ring (bicyclic) bond motifs is 1. The summed E-state index contributed by atoms with van der Waals surface area (Å²) in [6.07, 6.45) is 1.25. The van der Waals surface area contributed by atoms with Gasteiger partial charge in [-0.25, -0.2) is 9.59 Å². The summed E-state index contributed by atoms with van der Waals surface area (Å²) in [4.78, 5) is 35.8. The van der Waals surface area contributed by atoms with Crippen molar-refractivity contribution >= 4 is 34.6 Å². The lowest BCUT2D eigenvalue weighted by Crippen LogP contribution is -2.46. The summed E-state index contributed by atoms with van der Waals surface area (Å²) in [5.74, 6) is -0.678. The first-order chi connectivity index (χ1) is 14.9. The maximum absolute atomic E-state index is 12.4. The van der Waals surface area contributed by atoms with Gasteiger partial charge in [0.1, 0.15) is 17.4 Å². The molecule has 162 valence electrons. The van der Waals surface area contributed by atoms with Crippen LogP contribution >= 0.6 is 11.8 Å². The van der Waals surface area contributed by atoms with Gasteiger partial charge >= 0.3 is 11.6 Å². The molecule has 2 unspecified atom stereocenters. The normalized spacial score (nSPS) is 12.8. The van der Waals surface area contributed by atoms with E-state index in [2.05, 4.69) is 5.32 Å². The van der Waals surface area contributed by atoms with Gasteiger partial charge in [-0.3, -0.25) is 4.79 Å². The van der Waals surface area contributed by atoms with Gasteiger partial charge in [0, 0.05) is 17.5 Å². The van der Waals surface area contributed by atoms with Crippen LogP contribution in [-0.4, -0.2) is 41.1 Å². The molecule has 0 fully saturated rings. The number of rotatable bonds is 9. The molecule has 0 spiro atoms. The minimum atomic E-state index is -1.09. The lowest BCUT2D eigenvalue weighted by Gasteiger charge is -2.19. The molecule has 3 rings (SSSR count). The van der Waals surface area contributed by atoms with Gasteiger partial charge in [0.2, 0.25) is 0 Å². The van der Waals surface area contributed by atoms with E-state index in [1.165, 1.54) is 24.8 Å². The molecule has 1 heterocycles. The van der Waals surface area contributed by atoms with Crippen molar-refractivity contribution in [3.05, 3.63) is 65.0 Å². The van der Waals surface area contributed by atoms with E-state index in [0.717, 1.165) is 16.5 Å². The van der Waals surface area contributed by atoms with E-state index in [1.807, 2.05) is 36.6 Å². The minimum Gasteiger partial charge on any atom is -0.481 e. The topological polar surface area (TPSA) is 106 Å². The second-order valence-electron chi connectivity index (χ2n) is 6.94. The van der Waals surface area contributed by atoms with E-state index < -0.39 is 29.6 Å². The zero-order chi connectivity index (χ0) is 22.4. The molecule has 2 N–H and O–H groups in total. The molecule has 1 amide bonds. The quantitative estimate of drug-likeness (QED) is 0.489.